The molecular formula is C6H12INO2. The Morgan fingerprint density at radius 3 is 2.70 bits per heavy atom. The van der Waals surface area contributed by atoms with Crippen LogP contribution in [0.25, 0.3) is 0 Å². The van der Waals surface area contributed by atoms with Gasteiger partial charge in [0.05, 0.1) is 13.7 Å². The Kier molecular flexibility index (Phi) is 6.00. The van der Waals surface area contributed by atoms with Gasteiger partial charge in [-0.05, 0) is 7.05 Å². The van der Waals surface area contributed by atoms with E-state index < -0.39 is 0 Å². The van der Waals surface area contributed by atoms with Crippen LogP contribution in [0.3, 0.4) is 0 Å². The van der Waals surface area contributed by atoms with E-state index in [9.17, 15) is 4.79 Å². The summed E-state index contributed by atoms with van der Waals surface area (Å²) >= 11 is 2.27. The van der Waals surface area contributed by atoms with Crippen LogP contribution in [0.4, 0.5) is 0 Å². The van der Waals surface area contributed by atoms with Crippen molar-refractivity contribution in [1.82, 2.24) is 4.90 Å². The van der Waals surface area contributed by atoms with E-state index in [-0.39, 0.29) is 5.97 Å². The molecule has 4 heteroatoms. The third-order valence-electron chi connectivity index (χ3n) is 1.09. The molecule has 0 atom stereocenters. The van der Waals surface area contributed by atoms with Gasteiger partial charge in [0, 0.05) is 11.0 Å². The second kappa shape index (κ2) is 5.91. The molecule has 0 heterocycles. The quantitative estimate of drug-likeness (QED) is 0.418. The van der Waals surface area contributed by atoms with Gasteiger partial charge in [-0.2, -0.15) is 0 Å². The smallest absolute Gasteiger partial charge is 0.319 e. The monoisotopic (exact) mass is 257 g/mol. The van der Waals surface area contributed by atoms with Crippen molar-refractivity contribution in [3.8, 4) is 0 Å². The lowest BCUT2D eigenvalue weighted by Gasteiger charge is -2.12. The Balaban J connectivity index is 3.37. The zero-order valence-electron chi connectivity index (χ0n) is 6.26. The van der Waals surface area contributed by atoms with Crippen molar-refractivity contribution in [1.29, 1.82) is 0 Å². The Labute approximate surface area is 74.9 Å². The number of likely N-dealkylation sites (N-methyl/N-ethyl adjacent to an activating group) is 1. The molecule has 0 aliphatic carbocycles. The molecular weight excluding hydrogens is 245 g/mol. The van der Waals surface area contributed by atoms with Crippen LogP contribution in [-0.2, 0) is 9.53 Å². The summed E-state index contributed by atoms with van der Waals surface area (Å²) in [4.78, 5) is 12.6. The Hall–Kier alpha value is 0.160. The van der Waals surface area contributed by atoms with E-state index in [1.54, 1.807) is 0 Å². The first kappa shape index (κ1) is 10.2. The molecule has 10 heavy (non-hydrogen) atoms. The molecule has 60 valence electrons. The van der Waals surface area contributed by atoms with Crippen molar-refractivity contribution >= 4 is 28.6 Å². The number of rotatable bonds is 4. The summed E-state index contributed by atoms with van der Waals surface area (Å²) in [6, 6.07) is 0. The lowest BCUT2D eigenvalue weighted by molar-refractivity contribution is -0.141. The topological polar surface area (TPSA) is 29.5 Å². The van der Waals surface area contributed by atoms with Crippen LogP contribution >= 0.6 is 22.6 Å². The molecule has 0 aliphatic rings. The molecule has 0 bridgehead atoms. The maximum atomic E-state index is 10.6. The molecule has 0 aromatic rings. The van der Waals surface area contributed by atoms with Gasteiger partial charge in [-0.25, -0.2) is 0 Å². The Morgan fingerprint density at radius 2 is 2.30 bits per heavy atom. The minimum absolute atomic E-state index is 0.174. The number of carbonyl (C=O) groups excluding carboxylic acids is 1. The maximum absolute atomic E-state index is 10.6. The van der Waals surface area contributed by atoms with Crippen molar-refractivity contribution in [3.05, 3.63) is 0 Å². The fourth-order valence-electron chi connectivity index (χ4n) is 0.508. The molecule has 0 fully saturated rings. The first-order valence-corrected chi connectivity index (χ1v) is 4.54. The molecule has 0 unspecified atom stereocenters. The van der Waals surface area contributed by atoms with E-state index >= 15 is 0 Å². The van der Waals surface area contributed by atoms with Crippen LogP contribution in [0, 0.1) is 0 Å². The van der Waals surface area contributed by atoms with E-state index in [2.05, 4.69) is 27.3 Å². The summed E-state index contributed by atoms with van der Waals surface area (Å²) in [5.74, 6) is -0.174. The van der Waals surface area contributed by atoms with Crippen LogP contribution in [0.15, 0.2) is 0 Å². The third kappa shape index (κ3) is 4.99. The minimum Gasteiger partial charge on any atom is -0.468 e. The molecule has 0 saturated carbocycles. The predicted molar refractivity (Wildman–Crippen MR) is 48.4 cm³/mol. The zero-order chi connectivity index (χ0) is 7.98. The highest BCUT2D eigenvalue weighted by atomic mass is 127. The number of hydrogen-bond donors (Lipinski definition) is 0. The average Bonchev–Trinajstić information content (AvgIpc) is 1.88. The molecule has 0 rings (SSSR count). The van der Waals surface area contributed by atoms with Crippen molar-refractivity contribution in [2.75, 3.05) is 31.7 Å². The zero-order valence-corrected chi connectivity index (χ0v) is 8.42. The highest BCUT2D eigenvalue weighted by Crippen LogP contribution is 1.87. The number of ether oxygens (including phenoxy) is 1. The van der Waals surface area contributed by atoms with Gasteiger partial charge in [-0.1, -0.05) is 22.6 Å². The first-order valence-electron chi connectivity index (χ1n) is 3.02. The normalized spacial score (nSPS) is 10.0. The van der Waals surface area contributed by atoms with Gasteiger partial charge in [0.1, 0.15) is 0 Å². The SMILES string of the molecule is COC(=O)CN(C)CCI. The van der Waals surface area contributed by atoms with E-state index in [0.717, 1.165) is 11.0 Å². The second-order valence-electron chi connectivity index (χ2n) is 2.00. The summed E-state index contributed by atoms with van der Waals surface area (Å²) in [5, 5.41) is 0. The van der Waals surface area contributed by atoms with Crippen LogP contribution in [-0.4, -0.2) is 42.5 Å². The molecule has 0 spiro atoms. The van der Waals surface area contributed by atoms with Crippen LogP contribution in [0.1, 0.15) is 0 Å². The number of nitrogens with zero attached hydrogens (tertiary/aromatic N) is 1. The fourth-order valence-corrected chi connectivity index (χ4v) is 1.33. The Morgan fingerprint density at radius 1 is 1.70 bits per heavy atom. The van der Waals surface area contributed by atoms with Gasteiger partial charge in [0.15, 0.2) is 0 Å². The van der Waals surface area contributed by atoms with E-state index in [1.807, 2.05) is 11.9 Å². The lowest BCUT2D eigenvalue weighted by Crippen LogP contribution is -2.28. The van der Waals surface area contributed by atoms with Gasteiger partial charge >= 0.3 is 5.97 Å². The van der Waals surface area contributed by atoms with Crippen molar-refractivity contribution in [2.45, 2.75) is 0 Å². The first-order chi connectivity index (χ1) is 4.70. The number of carbonyl (C=O) groups is 1. The number of halogens is 1. The standard InChI is InChI=1S/C6H12INO2/c1-8(4-3-7)5-6(9)10-2/h3-5H2,1-2H3. The van der Waals surface area contributed by atoms with Crippen molar-refractivity contribution in [2.24, 2.45) is 0 Å². The highest BCUT2D eigenvalue weighted by molar-refractivity contribution is 14.1. The van der Waals surface area contributed by atoms with Gasteiger partial charge in [-0.15, -0.1) is 0 Å². The highest BCUT2D eigenvalue weighted by Gasteiger charge is 2.03. The molecule has 0 radical (unpaired) electrons. The second-order valence-corrected chi connectivity index (χ2v) is 3.08. The number of esters is 1. The van der Waals surface area contributed by atoms with E-state index in [0.29, 0.717) is 6.54 Å². The summed E-state index contributed by atoms with van der Waals surface area (Å²) in [7, 11) is 3.30. The summed E-state index contributed by atoms with van der Waals surface area (Å²) in [6.07, 6.45) is 0. The van der Waals surface area contributed by atoms with E-state index in [4.69, 9.17) is 0 Å². The third-order valence-corrected chi connectivity index (χ3v) is 1.58. The predicted octanol–water partition coefficient (Wildman–Crippen LogP) is 0.526. The number of methoxy groups -OCH3 is 1. The average molecular weight is 257 g/mol. The minimum atomic E-state index is -0.174. The molecule has 3 nitrogen and oxygen atoms in total. The molecule has 0 amide bonds. The largest absolute Gasteiger partial charge is 0.468 e. The Bertz CT molecular complexity index is 108. The molecule has 0 N–H and O–H groups in total. The summed E-state index contributed by atoms with van der Waals surface area (Å²) in [6.45, 7) is 1.31. The molecule has 0 saturated heterocycles. The summed E-state index contributed by atoms with van der Waals surface area (Å²) in [5.41, 5.74) is 0. The van der Waals surface area contributed by atoms with Gasteiger partial charge in [0.2, 0.25) is 0 Å². The maximum Gasteiger partial charge on any atom is 0.319 e. The van der Waals surface area contributed by atoms with Crippen LogP contribution in [0.2, 0.25) is 0 Å². The van der Waals surface area contributed by atoms with Gasteiger partial charge in [-0.3, -0.25) is 9.69 Å². The molecule has 0 aromatic heterocycles. The molecule has 0 aliphatic heterocycles. The molecule has 0 aromatic carbocycles. The van der Waals surface area contributed by atoms with Crippen molar-refractivity contribution in [3.63, 3.8) is 0 Å². The van der Waals surface area contributed by atoms with E-state index in [1.165, 1.54) is 7.11 Å². The summed E-state index contributed by atoms with van der Waals surface area (Å²) < 4.78 is 5.52. The number of hydrogen-bond acceptors (Lipinski definition) is 3. The van der Waals surface area contributed by atoms with Crippen molar-refractivity contribution < 1.29 is 9.53 Å². The fraction of sp³-hybridized carbons (Fsp3) is 0.833. The van der Waals surface area contributed by atoms with Crippen LogP contribution in [0.5, 0.6) is 0 Å². The van der Waals surface area contributed by atoms with Gasteiger partial charge in [0.25, 0.3) is 0 Å². The van der Waals surface area contributed by atoms with Gasteiger partial charge < -0.3 is 4.74 Å². The van der Waals surface area contributed by atoms with Crippen LogP contribution < -0.4 is 0 Å². The lowest BCUT2D eigenvalue weighted by atomic mass is 10.5. The number of alkyl halides is 1.